The van der Waals surface area contributed by atoms with E-state index in [1.807, 2.05) is 54.6 Å². The van der Waals surface area contributed by atoms with Gasteiger partial charge in [-0.25, -0.2) is 4.79 Å². The molecule has 3 N–H and O–H groups in total. The number of ether oxygens (including phenoxy) is 1. The predicted molar refractivity (Wildman–Crippen MR) is 94.7 cm³/mol. The Morgan fingerprint density at radius 3 is 2.44 bits per heavy atom. The van der Waals surface area contributed by atoms with Crippen LogP contribution in [0.1, 0.15) is 30.0 Å². The molecule has 2 amide bonds. The summed E-state index contributed by atoms with van der Waals surface area (Å²) in [4.78, 5) is 22.8. The van der Waals surface area contributed by atoms with E-state index < -0.39 is 5.97 Å². The number of hydrogen-bond donors (Lipinski definition) is 3. The van der Waals surface area contributed by atoms with Gasteiger partial charge in [-0.05, 0) is 18.1 Å². The molecule has 0 heterocycles. The van der Waals surface area contributed by atoms with Gasteiger partial charge >= 0.3 is 12.0 Å². The van der Waals surface area contributed by atoms with Crippen LogP contribution >= 0.6 is 0 Å². The van der Waals surface area contributed by atoms with Gasteiger partial charge in [-0.3, -0.25) is 4.79 Å². The van der Waals surface area contributed by atoms with E-state index in [0.717, 1.165) is 11.1 Å². The molecule has 25 heavy (non-hydrogen) atoms. The van der Waals surface area contributed by atoms with Gasteiger partial charge in [-0.1, -0.05) is 48.5 Å². The molecule has 0 fully saturated rings. The second-order valence-electron chi connectivity index (χ2n) is 5.48. The van der Waals surface area contributed by atoms with Crippen molar-refractivity contribution in [2.24, 2.45) is 0 Å². The molecule has 0 aliphatic carbocycles. The van der Waals surface area contributed by atoms with E-state index in [0.29, 0.717) is 18.7 Å². The Bertz CT molecular complexity index is 704. The Morgan fingerprint density at radius 1 is 1.08 bits per heavy atom. The molecule has 0 aliphatic heterocycles. The summed E-state index contributed by atoms with van der Waals surface area (Å²) in [6.45, 7) is 0.297. The SMILES string of the molecule is COc1ccccc1C(NC(=O)NCCCC(=O)O)c1ccccc1. The van der Waals surface area contributed by atoms with Crippen LogP contribution in [0.15, 0.2) is 54.6 Å². The Labute approximate surface area is 146 Å². The number of carbonyl (C=O) groups excluding carboxylic acids is 1. The molecule has 0 saturated carbocycles. The number of urea groups is 1. The number of rotatable bonds is 8. The summed E-state index contributed by atoms with van der Waals surface area (Å²) in [6.07, 6.45) is 0.405. The molecule has 1 atom stereocenters. The highest BCUT2D eigenvalue weighted by atomic mass is 16.5. The molecule has 6 heteroatoms. The van der Waals surface area contributed by atoms with Gasteiger partial charge in [-0.2, -0.15) is 0 Å². The fraction of sp³-hybridized carbons (Fsp3) is 0.263. The Kier molecular flexibility index (Phi) is 6.83. The third kappa shape index (κ3) is 5.53. The summed E-state index contributed by atoms with van der Waals surface area (Å²) in [6, 6.07) is 16.4. The molecule has 0 aromatic heterocycles. The standard InChI is InChI=1S/C19H22N2O4/c1-25-16-11-6-5-10-15(16)18(14-8-3-2-4-9-14)21-19(24)20-13-7-12-17(22)23/h2-6,8-11,18H,7,12-13H2,1H3,(H,22,23)(H2,20,21,24). The molecular formula is C19H22N2O4. The summed E-state index contributed by atoms with van der Waals surface area (Å²) in [5, 5.41) is 14.3. The quantitative estimate of drug-likeness (QED) is 0.644. The molecule has 0 aliphatic rings. The van der Waals surface area contributed by atoms with Crippen LogP contribution in [-0.4, -0.2) is 30.8 Å². The molecule has 0 spiro atoms. The first-order valence-electron chi connectivity index (χ1n) is 8.06. The maximum atomic E-state index is 12.2. The van der Waals surface area contributed by atoms with E-state index in [4.69, 9.17) is 9.84 Å². The first-order valence-corrected chi connectivity index (χ1v) is 8.06. The zero-order valence-corrected chi connectivity index (χ0v) is 14.1. The number of benzene rings is 2. The number of para-hydroxylation sites is 1. The minimum Gasteiger partial charge on any atom is -0.496 e. The smallest absolute Gasteiger partial charge is 0.315 e. The molecule has 0 saturated heterocycles. The lowest BCUT2D eigenvalue weighted by Gasteiger charge is -2.22. The maximum Gasteiger partial charge on any atom is 0.315 e. The molecule has 132 valence electrons. The highest BCUT2D eigenvalue weighted by Gasteiger charge is 2.20. The van der Waals surface area contributed by atoms with Gasteiger partial charge in [0.2, 0.25) is 0 Å². The largest absolute Gasteiger partial charge is 0.496 e. The fourth-order valence-corrected chi connectivity index (χ4v) is 2.51. The second-order valence-corrected chi connectivity index (χ2v) is 5.48. The van der Waals surface area contributed by atoms with Crippen LogP contribution in [0.25, 0.3) is 0 Å². The van der Waals surface area contributed by atoms with Crippen molar-refractivity contribution in [2.75, 3.05) is 13.7 Å². The van der Waals surface area contributed by atoms with Gasteiger partial charge in [0.25, 0.3) is 0 Å². The number of nitrogens with one attached hydrogen (secondary N) is 2. The van der Waals surface area contributed by atoms with Gasteiger partial charge in [0, 0.05) is 18.5 Å². The average molecular weight is 342 g/mol. The Hall–Kier alpha value is -3.02. The number of carboxylic acid groups (broad SMARTS) is 1. The number of hydrogen-bond acceptors (Lipinski definition) is 3. The molecule has 0 bridgehead atoms. The lowest BCUT2D eigenvalue weighted by molar-refractivity contribution is -0.137. The van der Waals surface area contributed by atoms with Crippen molar-refractivity contribution in [1.29, 1.82) is 0 Å². The van der Waals surface area contributed by atoms with Crippen molar-refractivity contribution in [1.82, 2.24) is 10.6 Å². The lowest BCUT2D eigenvalue weighted by atomic mass is 9.98. The van der Waals surface area contributed by atoms with Crippen molar-refractivity contribution in [2.45, 2.75) is 18.9 Å². The van der Waals surface area contributed by atoms with Crippen molar-refractivity contribution in [3.05, 3.63) is 65.7 Å². The van der Waals surface area contributed by atoms with Gasteiger partial charge in [0.1, 0.15) is 5.75 Å². The van der Waals surface area contributed by atoms with Gasteiger partial charge < -0.3 is 20.5 Å². The summed E-state index contributed by atoms with van der Waals surface area (Å²) in [5.74, 6) is -0.194. The minimum atomic E-state index is -0.876. The van der Waals surface area contributed by atoms with E-state index in [1.54, 1.807) is 7.11 Å². The topological polar surface area (TPSA) is 87.7 Å². The second kappa shape index (κ2) is 9.32. The third-order valence-electron chi connectivity index (χ3n) is 3.71. The van der Waals surface area contributed by atoms with Crippen LogP contribution in [-0.2, 0) is 4.79 Å². The fourth-order valence-electron chi connectivity index (χ4n) is 2.51. The normalized spacial score (nSPS) is 11.4. The van der Waals surface area contributed by atoms with E-state index in [9.17, 15) is 9.59 Å². The van der Waals surface area contributed by atoms with Crippen LogP contribution < -0.4 is 15.4 Å². The number of methoxy groups -OCH3 is 1. The van der Waals surface area contributed by atoms with Crippen LogP contribution in [0.3, 0.4) is 0 Å². The molecule has 1 unspecified atom stereocenters. The number of carboxylic acids is 1. The molecule has 0 radical (unpaired) electrons. The highest BCUT2D eigenvalue weighted by molar-refractivity contribution is 5.75. The molecule has 2 rings (SSSR count). The molecule has 2 aromatic rings. The van der Waals surface area contributed by atoms with Crippen molar-refractivity contribution < 1.29 is 19.4 Å². The minimum absolute atomic E-state index is 0.0227. The van der Waals surface area contributed by atoms with Gasteiger partial charge in [-0.15, -0.1) is 0 Å². The van der Waals surface area contributed by atoms with E-state index in [1.165, 1.54) is 0 Å². The Morgan fingerprint density at radius 2 is 1.76 bits per heavy atom. The summed E-state index contributed by atoms with van der Waals surface area (Å²) in [7, 11) is 1.59. The first kappa shape index (κ1) is 18.3. The van der Waals surface area contributed by atoms with Crippen molar-refractivity contribution in [3.8, 4) is 5.75 Å². The summed E-state index contributed by atoms with van der Waals surface area (Å²) < 4.78 is 5.42. The van der Waals surface area contributed by atoms with Crippen LogP contribution in [0.5, 0.6) is 5.75 Å². The summed E-state index contributed by atoms with van der Waals surface area (Å²) in [5.41, 5.74) is 1.77. The highest BCUT2D eigenvalue weighted by Crippen LogP contribution is 2.29. The number of carbonyl (C=O) groups is 2. The zero-order chi connectivity index (χ0) is 18.1. The monoisotopic (exact) mass is 342 g/mol. The maximum absolute atomic E-state index is 12.2. The first-order chi connectivity index (χ1) is 12.1. The number of amides is 2. The third-order valence-corrected chi connectivity index (χ3v) is 3.71. The van der Waals surface area contributed by atoms with Crippen LogP contribution in [0.2, 0.25) is 0 Å². The van der Waals surface area contributed by atoms with Gasteiger partial charge in [0.05, 0.1) is 13.2 Å². The van der Waals surface area contributed by atoms with E-state index in [2.05, 4.69) is 10.6 Å². The van der Waals surface area contributed by atoms with Crippen LogP contribution in [0, 0.1) is 0 Å². The predicted octanol–water partition coefficient (Wildman–Crippen LogP) is 2.95. The van der Waals surface area contributed by atoms with E-state index >= 15 is 0 Å². The number of aliphatic carboxylic acids is 1. The molecule has 6 nitrogen and oxygen atoms in total. The summed E-state index contributed by atoms with van der Waals surface area (Å²) >= 11 is 0. The molecule has 2 aromatic carbocycles. The van der Waals surface area contributed by atoms with Gasteiger partial charge in [0.15, 0.2) is 0 Å². The van der Waals surface area contributed by atoms with E-state index in [-0.39, 0.29) is 18.5 Å². The molecular weight excluding hydrogens is 320 g/mol. The lowest BCUT2D eigenvalue weighted by Crippen LogP contribution is -2.39. The van der Waals surface area contributed by atoms with Crippen molar-refractivity contribution >= 4 is 12.0 Å². The van der Waals surface area contributed by atoms with Crippen molar-refractivity contribution in [3.63, 3.8) is 0 Å². The Balaban J connectivity index is 2.13. The average Bonchev–Trinajstić information content (AvgIpc) is 2.64. The van der Waals surface area contributed by atoms with Crippen LogP contribution in [0.4, 0.5) is 4.79 Å². The zero-order valence-electron chi connectivity index (χ0n) is 14.1.